The summed E-state index contributed by atoms with van der Waals surface area (Å²) < 4.78 is 19.4. The van der Waals surface area contributed by atoms with E-state index in [0.717, 1.165) is 6.07 Å². The van der Waals surface area contributed by atoms with Gasteiger partial charge in [0, 0.05) is 16.6 Å². The normalized spacial score (nSPS) is 10.6. The molecule has 0 radical (unpaired) electrons. The Labute approximate surface area is 132 Å². The number of ether oxygens (including phenoxy) is 1. The van der Waals surface area contributed by atoms with Crippen molar-refractivity contribution in [1.82, 2.24) is 0 Å². The predicted octanol–water partition coefficient (Wildman–Crippen LogP) is 5.92. The van der Waals surface area contributed by atoms with E-state index < -0.39 is 5.82 Å². The summed E-state index contributed by atoms with van der Waals surface area (Å²) in [6.45, 7) is 0. The lowest BCUT2D eigenvalue weighted by atomic mass is 10.3. The minimum Gasteiger partial charge on any atom is -0.453 e. The number of anilines is 1. The van der Waals surface area contributed by atoms with E-state index in [1.54, 1.807) is 6.07 Å². The minimum absolute atomic E-state index is 0.0789. The maximum atomic E-state index is 13.4. The van der Waals surface area contributed by atoms with Gasteiger partial charge in [0.05, 0.1) is 20.8 Å². The van der Waals surface area contributed by atoms with E-state index in [2.05, 4.69) is 15.9 Å². The fourth-order valence-corrected chi connectivity index (χ4v) is 2.34. The summed E-state index contributed by atoms with van der Waals surface area (Å²) in [5.41, 5.74) is 5.89. The van der Waals surface area contributed by atoms with E-state index in [-0.39, 0.29) is 22.2 Å². The van der Waals surface area contributed by atoms with Gasteiger partial charge in [0.2, 0.25) is 0 Å². The van der Waals surface area contributed by atoms with Crippen molar-refractivity contribution in [2.24, 2.45) is 0 Å². The highest BCUT2D eigenvalue weighted by Gasteiger charge is 2.12. The first-order chi connectivity index (χ1) is 8.88. The lowest BCUT2D eigenvalue weighted by molar-refractivity contribution is 0.479. The summed E-state index contributed by atoms with van der Waals surface area (Å²) in [7, 11) is 0. The molecule has 0 atom stereocenters. The molecule has 0 spiro atoms. The molecule has 2 nitrogen and oxygen atoms in total. The molecule has 19 heavy (non-hydrogen) atoms. The maximum absolute atomic E-state index is 13.4. The van der Waals surface area contributed by atoms with Gasteiger partial charge in [0.15, 0.2) is 5.75 Å². The number of halogens is 5. The third kappa shape index (κ3) is 3.26. The standard InChI is InChI=1S/C12H6BrCl3FNO/c13-5-1-8(16)11(3-6(5)14)19-12-4-9(17)7(15)2-10(12)18/h1-4H,18H2. The van der Waals surface area contributed by atoms with E-state index >= 15 is 0 Å². The Balaban J connectivity index is 2.42. The van der Waals surface area contributed by atoms with Crippen LogP contribution in [0.3, 0.4) is 0 Å². The van der Waals surface area contributed by atoms with Gasteiger partial charge in [-0.1, -0.05) is 34.8 Å². The van der Waals surface area contributed by atoms with E-state index in [0.29, 0.717) is 14.5 Å². The quantitative estimate of drug-likeness (QED) is 0.514. The van der Waals surface area contributed by atoms with Gasteiger partial charge in [0.1, 0.15) is 11.6 Å². The van der Waals surface area contributed by atoms with Gasteiger partial charge in [-0.05, 0) is 28.1 Å². The summed E-state index contributed by atoms with van der Waals surface area (Å²) in [6, 6.07) is 5.42. The van der Waals surface area contributed by atoms with Gasteiger partial charge in [0.25, 0.3) is 0 Å². The predicted molar refractivity (Wildman–Crippen MR) is 80.1 cm³/mol. The summed E-state index contributed by atoms with van der Waals surface area (Å²) in [4.78, 5) is 0. The van der Waals surface area contributed by atoms with Crippen LogP contribution in [0.2, 0.25) is 15.1 Å². The van der Waals surface area contributed by atoms with Crippen molar-refractivity contribution < 1.29 is 9.13 Å². The highest BCUT2D eigenvalue weighted by molar-refractivity contribution is 9.10. The van der Waals surface area contributed by atoms with E-state index in [1.165, 1.54) is 12.1 Å². The molecule has 0 bridgehead atoms. The Morgan fingerprint density at radius 2 is 1.63 bits per heavy atom. The van der Waals surface area contributed by atoms with Crippen LogP contribution in [0.1, 0.15) is 0 Å². The van der Waals surface area contributed by atoms with Crippen molar-refractivity contribution in [3.63, 3.8) is 0 Å². The monoisotopic (exact) mass is 383 g/mol. The third-order valence-corrected chi connectivity index (χ3v) is 4.03. The van der Waals surface area contributed by atoms with Gasteiger partial charge in [-0.15, -0.1) is 0 Å². The van der Waals surface area contributed by atoms with Crippen molar-refractivity contribution in [3.8, 4) is 11.5 Å². The van der Waals surface area contributed by atoms with Crippen LogP contribution in [0.5, 0.6) is 11.5 Å². The molecule has 2 N–H and O–H groups in total. The average Bonchev–Trinajstić information content (AvgIpc) is 2.32. The first-order valence-electron chi connectivity index (χ1n) is 4.95. The molecule has 0 fully saturated rings. The van der Waals surface area contributed by atoms with Gasteiger partial charge >= 0.3 is 0 Å². The molecule has 7 heteroatoms. The van der Waals surface area contributed by atoms with Gasteiger partial charge in [-0.25, -0.2) is 4.39 Å². The molecule has 0 amide bonds. The second-order valence-corrected chi connectivity index (χ2v) is 5.68. The molecule has 0 aliphatic rings. The molecule has 2 aromatic rings. The highest BCUT2D eigenvalue weighted by atomic mass is 79.9. The number of rotatable bonds is 2. The van der Waals surface area contributed by atoms with E-state index in [9.17, 15) is 4.39 Å². The van der Waals surface area contributed by atoms with Crippen LogP contribution >= 0.6 is 50.7 Å². The zero-order chi connectivity index (χ0) is 14.2. The number of hydrogen-bond donors (Lipinski definition) is 1. The number of nitrogens with two attached hydrogens (primary N) is 1. The summed E-state index contributed by atoms with van der Waals surface area (Å²) in [6.07, 6.45) is 0. The Morgan fingerprint density at radius 1 is 0.947 bits per heavy atom. The molecule has 0 saturated heterocycles. The van der Waals surface area contributed by atoms with Crippen molar-refractivity contribution in [2.75, 3.05) is 5.73 Å². The second kappa shape index (κ2) is 5.75. The zero-order valence-corrected chi connectivity index (χ0v) is 13.0. The molecule has 2 aromatic carbocycles. The van der Waals surface area contributed by atoms with Crippen molar-refractivity contribution >= 4 is 56.4 Å². The summed E-state index contributed by atoms with van der Waals surface area (Å²) in [5, 5.41) is 0.642. The van der Waals surface area contributed by atoms with Gasteiger partial charge in [-0.2, -0.15) is 0 Å². The molecule has 100 valence electrons. The Morgan fingerprint density at radius 3 is 2.32 bits per heavy atom. The van der Waals surface area contributed by atoms with E-state index in [1.807, 2.05) is 0 Å². The Hall–Kier alpha value is -0.680. The zero-order valence-electron chi connectivity index (χ0n) is 9.18. The van der Waals surface area contributed by atoms with Crippen LogP contribution in [-0.4, -0.2) is 0 Å². The fraction of sp³-hybridized carbons (Fsp3) is 0. The number of benzene rings is 2. The molecule has 0 aliphatic carbocycles. The lowest BCUT2D eigenvalue weighted by Gasteiger charge is -2.11. The molecule has 0 unspecified atom stereocenters. The minimum atomic E-state index is -0.634. The summed E-state index contributed by atoms with van der Waals surface area (Å²) >= 11 is 20.8. The smallest absolute Gasteiger partial charge is 0.153 e. The second-order valence-electron chi connectivity index (χ2n) is 3.60. The molecule has 0 heterocycles. The molecule has 0 aliphatic heterocycles. The van der Waals surface area contributed by atoms with E-state index in [4.69, 9.17) is 45.3 Å². The van der Waals surface area contributed by atoms with Crippen molar-refractivity contribution in [2.45, 2.75) is 0 Å². The van der Waals surface area contributed by atoms with Crippen LogP contribution in [0.4, 0.5) is 10.1 Å². The van der Waals surface area contributed by atoms with Crippen LogP contribution in [0.25, 0.3) is 0 Å². The highest BCUT2D eigenvalue weighted by Crippen LogP contribution is 2.39. The van der Waals surface area contributed by atoms with Crippen LogP contribution in [-0.2, 0) is 0 Å². The largest absolute Gasteiger partial charge is 0.453 e. The van der Waals surface area contributed by atoms with Crippen LogP contribution in [0.15, 0.2) is 28.7 Å². The molecule has 2 rings (SSSR count). The Kier molecular flexibility index (Phi) is 4.46. The van der Waals surface area contributed by atoms with Crippen molar-refractivity contribution in [3.05, 3.63) is 49.6 Å². The first-order valence-corrected chi connectivity index (χ1v) is 6.88. The molecular formula is C12H6BrCl3FNO. The molecule has 0 saturated carbocycles. The Bertz CT molecular complexity index is 596. The fourth-order valence-electron chi connectivity index (χ4n) is 1.33. The lowest BCUT2D eigenvalue weighted by Crippen LogP contribution is -1.94. The average molecular weight is 385 g/mol. The topological polar surface area (TPSA) is 35.2 Å². The van der Waals surface area contributed by atoms with Crippen LogP contribution in [0, 0.1) is 5.82 Å². The molecular weight excluding hydrogens is 379 g/mol. The third-order valence-electron chi connectivity index (χ3n) is 2.25. The number of hydrogen-bond acceptors (Lipinski definition) is 2. The maximum Gasteiger partial charge on any atom is 0.153 e. The first kappa shape index (κ1) is 14.7. The molecule has 0 aromatic heterocycles. The van der Waals surface area contributed by atoms with Gasteiger partial charge in [-0.3, -0.25) is 0 Å². The SMILES string of the molecule is Nc1cc(Cl)c(F)cc1Oc1cc(Cl)c(Br)cc1Cl. The summed E-state index contributed by atoms with van der Waals surface area (Å²) in [5.74, 6) is -0.254. The number of nitrogen functional groups attached to an aromatic ring is 1. The van der Waals surface area contributed by atoms with Crippen molar-refractivity contribution in [1.29, 1.82) is 0 Å². The van der Waals surface area contributed by atoms with Gasteiger partial charge < -0.3 is 10.5 Å². The van der Waals surface area contributed by atoms with Crippen LogP contribution < -0.4 is 10.5 Å².